The molecule has 1 aliphatic heterocycles. The number of rotatable bonds is 4. The number of nitrogens with zero attached hydrogens (tertiary/aromatic N) is 2. The highest BCUT2D eigenvalue weighted by Crippen LogP contribution is 2.22. The number of aromatic nitrogens is 1. The van der Waals surface area contributed by atoms with Gasteiger partial charge in [0.05, 0.1) is 13.0 Å². The van der Waals surface area contributed by atoms with Gasteiger partial charge in [0.25, 0.3) is 5.56 Å². The highest BCUT2D eigenvalue weighted by molar-refractivity contribution is 6.31. The van der Waals surface area contributed by atoms with Gasteiger partial charge in [0, 0.05) is 42.4 Å². The predicted molar refractivity (Wildman–Crippen MR) is 97.1 cm³/mol. The Labute approximate surface area is 155 Å². The Bertz CT molecular complexity index is 877. The van der Waals surface area contributed by atoms with Crippen molar-refractivity contribution in [2.24, 2.45) is 7.05 Å². The van der Waals surface area contributed by atoms with Crippen molar-refractivity contribution >= 4 is 17.5 Å². The van der Waals surface area contributed by atoms with Gasteiger partial charge in [0.1, 0.15) is 17.7 Å². The van der Waals surface area contributed by atoms with Gasteiger partial charge in [-0.05, 0) is 25.1 Å². The van der Waals surface area contributed by atoms with E-state index in [1.165, 1.54) is 22.8 Å². The Morgan fingerprint density at radius 3 is 2.85 bits per heavy atom. The molecule has 138 valence electrons. The van der Waals surface area contributed by atoms with Crippen LogP contribution in [0, 0.1) is 12.7 Å². The average Bonchev–Trinajstić information content (AvgIpc) is 3.04. The fourth-order valence-corrected chi connectivity index (χ4v) is 3.24. The van der Waals surface area contributed by atoms with Crippen LogP contribution in [-0.2, 0) is 18.3 Å². The van der Waals surface area contributed by atoms with Crippen LogP contribution in [0.5, 0.6) is 5.75 Å². The van der Waals surface area contributed by atoms with Crippen LogP contribution in [0.4, 0.5) is 4.39 Å². The molecule has 1 amide bonds. The second-order valence-corrected chi connectivity index (χ2v) is 6.88. The zero-order chi connectivity index (χ0) is 18.8. The second-order valence-electron chi connectivity index (χ2n) is 6.47. The number of hydrogen-bond donors (Lipinski definition) is 0. The van der Waals surface area contributed by atoms with Gasteiger partial charge in [0.2, 0.25) is 5.91 Å². The van der Waals surface area contributed by atoms with Crippen molar-refractivity contribution in [3.63, 3.8) is 0 Å². The van der Waals surface area contributed by atoms with Crippen LogP contribution in [-0.4, -0.2) is 34.6 Å². The topological polar surface area (TPSA) is 51.5 Å². The monoisotopic (exact) mass is 378 g/mol. The van der Waals surface area contributed by atoms with E-state index in [-0.39, 0.29) is 34.6 Å². The van der Waals surface area contributed by atoms with Gasteiger partial charge in [-0.3, -0.25) is 9.59 Å². The third-order valence-electron chi connectivity index (χ3n) is 4.67. The summed E-state index contributed by atoms with van der Waals surface area (Å²) in [6.45, 7) is 2.76. The van der Waals surface area contributed by atoms with E-state index in [1.54, 1.807) is 24.1 Å². The average molecular weight is 379 g/mol. The number of ether oxygens (including phenoxy) is 1. The number of likely N-dealkylation sites (tertiary alicyclic amines) is 1. The van der Waals surface area contributed by atoms with Crippen LogP contribution in [0.1, 0.15) is 17.7 Å². The molecular weight excluding hydrogens is 359 g/mol. The van der Waals surface area contributed by atoms with Crippen molar-refractivity contribution in [2.75, 3.05) is 13.1 Å². The van der Waals surface area contributed by atoms with Gasteiger partial charge in [0.15, 0.2) is 0 Å². The molecule has 3 rings (SSSR count). The van der Waals surface area contributed by atoms with Gasteiger partial charge in [-0.25, -0.2) is 4.39 Å². The molecular formula is C19H20ClFN2O3. The molecule has 1 unspecified atom stereocenters. The van der Waals surface area contributed by atoms with Gasteiger partial charge in [-0.15, -0.1) is 0 Å². The van der Waals surface area contributed by atoms with E-state index in [4.69, 9.17) is 16.3 Å². The number of hydrogen-bond acceptors (Lipinski definition) is 3. The van der Waals surface area contributed by atoms with E-state index in [2.05, 4.69) is 0 Å². The maximum Gasteiger partial charge on any atom is 0.254 e. The molecule has 0 N–H and O–H groups in total. The normalized spacial score (nSPS) is 16.8. The first-order valence-electron chi connectivity index (χ1n) is 8.40. The summed E-state index contributed by atoms with van der Waals surface area (Å²) in [5.41, 5.74) is 0.874. The molecule has 1 aromatic carbocycles. The molecule has 2 aromatic rings. The van der Waals surface area contributed by atoms with Crippen LogP contribution in [0.2, 0.25) is 5.02 Å². The molecule has 1 saturated heterocycles. The Morgan fingerprint density at radius 1 is 1.38 bits per heavy atom. The SMILES string of the molecule is Cc1cc(OC2CCN(C(=O)Cc3c(F)cccc3Cl)C2)cc(=O)n1C. The van der Waals surface area contributed by atoms with Crippen LogP contribution >= 0.6 is 11.6 Å². The fraction of sp³-hybridized carbons (Fsp3) is 0.368. The summed E-state index contributed by atoms with van der Waals surface area (Å²) >= 11 is 5.99. The number of halogens is 2. The summed E-state index contributed by atoms with van der Waals surface area (Å²) in [6, 6.07) is 7.61. The van der Waals surface area contributed by atoms with Crippen LogP contribution < -0.4 is 10.3 Å². The van der Waals surface area contributed by atoms with E-state index in [0.29, 0.717) is 25.3 Å². The van der Waals surface area contributed by atoms with Crippen molar-refractivity contribution in [3.05, 3.63) is 62.8 Å². The number of benzene rings is 1. The first-order valence-corrected chi connectivity index (χ1v) is 8.78. The molecule has 0 bridgehead atoms. The lowest BCUT2D eigenvalue weighted by Gasteiger charge is -2.18. The highest BCUT2D eigenvalue weighted by Gasteiger charge is 2.28. The fourth-order valence-electron chi connectivity index (χ4n) is 3.01. The van der Waals surface area contributed by atoms with Crippen molar-refractivity contribution in [3.8, 4) is 5.75 Å². The Hall–Kier alpha value is -2.34. The summed E-state index contributed by atoms with van der Waals surface area (Å²) < 4.78 is 21.3. The summed E-state index contributed by atoms with van der Waals surface area (Å²) in [6.07, 6.45) is 0.385. The van der Waals surface area contributed by atoms with E-state index >= 15 is 0 Å². The smallest absolute Gasteiger partial charge is 0.254 e. The predicted octanol–water partition coefficient (Wildman–Crippen LogP) is 2.71. The molecule has 0 saturated carbocycles. The lowest BCUT2D eigenvalue weighted by molar-refractivity contribution is -0.129. The molecule has 0 spiro atoms. The second kappa shape index (κ2) is 7.50. The van der Waals surface area contributed by atoms with Crippen LogP contribution in [0.25, 0.3) is 0 Å². The first-order chi connectivity index (χ1) is 12.3. The Morgan fingerprint density at radius 2 is 2.15 bits per heavy atom. The Kier molecular flexibility index (Phi) is 5.32. The van der Waals surface area contributed by atoms with E-state index in [0.717, 1.165) is 5.69 Å². The minimum Gasteiger partial charge on any atom is -0.488 e. The molecule has 1 fully saturated rings. The van der Waals surface area contributed by atoms with Crippen molar-refractivity contribution in [2.45, 2.75) is 25.9 Å². The number of pyridine rings is 1. The molecule has 0 aliphatic carbocycles. The first kappa shape index (κ1) is 18.5. The molecule has 0 radical (unpaired) electrons. The molecule has 1 atom stereocenters. The molecule has 2 heterocycles. The molecule has 5 nitrogen and oxygen atoms in total. The van der Waals surface area contributed by atoms with Crippen molar-refractivity contribution in [1.29, 1.82) is 0 Å². The lowest BCUT2D eigenvalue weighted by Crippen LogP contribution is -2.32. The quantitative estimate of drug-likeness (QED) is 0.822. The Balaban J connectivity index is 1.63. The molecule has 1 aliphatic rings. The van der Waals surface area contributed by atoms with Gasteiger partial charge >= 0.3 is 0 Å². The number of carbonyl (C=O) groups is 1. The number of carbonyl (C=O) groups excluding carboxylic acids is 1. The third kappa shape index (κ3) is 3.90. The minimum atomic E-state index is -0.478. The maximum atomic E-state index is 13.9. The zero-order valence-electron chi connectivity index (χ0n) is 14.7. The molecule has 7 heteroatoms. The largest absolute Gasteiger partial charge is 0.488 e. The van der Waals surface area contributed by atoms with Crippen LogP contribution in [0.15, 0.2) is 35.1 Å². The summed E-state index contributed by atoms with van der Waals surface area (Å²) in [5.74, 6) is -0.168. The summed E-state index contributed by atoms with van der Waals surface area (Å²) in [7, 11) is 1.70. The van der Waals surface area contributed by atoms with Gasteiger partial charge < -0.3 is 14.2 Å². The highest BCUT2D eigenvalue weighted by atomic mass is 35.5. The maximum absolute atomic E-state index is 13.9. The zero-order valence-corrected chi connectivity index (χ0v) is 15.4. The number of aryl methyl sites for hydroxylation is 1. The van der Waals surface area contributed by atoms with Gasteiger partial charge in [-0.2, -0.15) is 0 Å². The van der Waals surface area contributed by atoms with Crippen molar-refractivity contribution < 1.29 is 13.9 Å². The van der Waals surface area contributed by atoms with Crippen LogP contribution in [0.3, 0.4) is 0 Å². The summed E-state index contributed by atoms with van der Waals surface area (Å²) in [5, 5.41) is 0.251. The van der Waals surface area contributed by atoms with E-state index in [1.807, 2.05) is 6.92 Å². The molecule has 1 aromatic heterocycles. The third-order valence-corrected chi connectivity index (χ3v) is 5.02. The minimum absolute atomic E-state index is 0.0801. The summed E-state index contributed by atoms with van der Waals surface area (Å²) in [4.78, 5) is 25.9. The molecule has 26 heavy (non-hydrogen) atoms. The van der Waals surface area contributed by atoms with E-state index in [9.17, 15) is 14.0 Å². The number of amides is 1. The standard InChI is InChI=1S/C19H20ClFN2O3/c1-12-8-14(9-18(24)22(12)2)26-13-6-7-23(11-13)19(25)10-15-16(20)4-3-5-17(15)21/h3-5,8-9,13H,6-7,10-11H2,1-2H3. The van der Waals surface area contributed by atoms with Crippen molar-refractivity contribution in [1.82, 2.24) is 9.47 Å². The lowest BCUT2D eigenvalue weighted by atomic mass is 10.1. The van der Waals surface area contributed by atoms with E-state index < -0.39 is 5.82 Å². The van der Waals surface area contributed by atoms with Gasteiger partial charge in [-0.1, -0.05) is 17.7 Å².